The van der Waals surface area contributed by atoms with Gasteiger partial charge in [-0.25, -0.2) is 8.42 Å². The van der Waals surface area contributed by atoms with Gasteiger partial charge < -0.3 is 10.2 Å². The summed E-state index contributed by atoms with van der Waals surface area (Å²) in [4.78, 5) is 29.0. The van der Waals surface area contributed by atoms with Crippen LogP contribution in [0, 0.1) is 12.8 Å². The number of para-hydroxylation sites is 1. The Morgan fingerprint density at radius 3 is 2.33 bits per heavy atom. The van der Waals surface area contributed by atoms with Gasteiger partial charge in [0.15, 0.2) is 0 Å². The van der Waals surface area contributed by atoms with Crippen LogP contribution in [0.3, 0.4) is 0 Å². The van der Waals surface area contributed by atoms with Crippen LogP contribution in [0.4, 0.5) is 5.69 Å². The van der Waals surface area contributed by atoms with E-state index in [1.54, 1.807) is 17.0 Å². The van der Waals surface area contributed by atoms with Crippen molar-refractivity contribution in [2.24, 2.45) is 5.92 Å². The van der Waals surface area contributed by atoms with Crippen LogP contribution in [0.2, 0.25) is 0 Å². The summed E-state index contributed by atoms with van der Waals surface area (Å²) in [6.45, 7) is 5.52. The first-order valence-corrected chi connectivity index (χ1v) is 12.7. The van der Waals surface area contributed by atoms with Crippen molar-refractivity contribution >= 4 is 27.5 Å². The van der Waals surface area contributed by atoms with E-state index in [-0.39, 0.29) is 24.2 Å². The molecular weight excluding hydrogens is 440 g/mol. The monoisotopic (exact) mass is 470 g/mol. The van der Waals surface area contributed by atoms with Crippen LogP contribution >= 0.6 is 0 Å². The van der Waals surface area contributed by atoms with Crippen LogP contribution in [0.5, 0.6) is 0 Å². The molecule has 0 bridgehead atoms. The first-order chi connectivity index (χ1) is 15.8. The average molecular weight is 471 g/mol. The van der Waals surface area contributed by atoms with Crippen LogP contribution in [-0.2, 0) is 19.6 Å². The SMILES string of the molecule is Cc1ccc(S(=O)(=O)N2CCN(CCNC(=O)C3CC(=O)N(c4ccccc4)C3)CC2)cc1. The summed E-state index contributed by atoms with van der Waals surface area (Å²) >= 11 is 0. The third kappa shape index (κ3) is 5.43. The van der Waals surface area contributed by atoms with Gasteiger partial charge >= 0.3 is 0 Å². The number of hydrogen-bond donors (Lipinski definition) is 1. The molecule has 176 valence electrons. The molecule has 0 radical (unpaired) electrons. The first-order valence-electron chi connectivity index (χ1n) is 11.3. The predicted octanol–water partition coefficient (Wildman–Crippen LogP) is 1.47. The van der Waals surface area contributed by atoms with Gasteiger partial charge in [0.25, 0.3) is 0 Å². The molecule has 1 unspecified atom stereocenters. The number of benzene rings is 2. The molecule has 0 saturated carbocycles. The number of piperazine rings is 1. The van der Waals surface area contributed by atoms with Crippen LogP contribution in [-0.4, -0.2) is 75.3 Å². The standard InChI is InChI=1S/C24H30N4O4S/c1-19-7-9-22(10-8-19)33(31,32)27-15-13-26(14-16-27)12-11-25-24(30)20-17-23(29)28(18-20)21-5-3-2-4-6-21/h2-10,20H,11-18H2,1H3,(H,25,30). The van der Waals surface area contributed by atoms with Gasteiger partial charge in [0.05, 0.1) is 10.8 Å². The minimum Gasteiger partial charge on any atom is -0.355 e. The number of rotatable bonds is 7. The zero-order valence-electron chi connectivity index (χ0n) is 18.8. The fraction of sp³-hybridized carbons (Fsp3) is 0.417. The maximum Gasteiger partial charge on any atom is 0.243 e. The lowest BCUT2D eigenvalue weighted by Crippen LogP contribution is -2.50. The largest absolute Gasteiger partial charge is 0.355 e. The van der Waals surface area contributed by atoms with Gasteiger partial charge in [-0.05, 0) is 31.2 Å². The summed E-state index contributed by atoms with van der Waals surface area (Å²) < 4.78 is 27.2. The minimum atomic E-state index is -3.48. The third-order valence-electron chi connectivity index (χ3n) is 6.28. The summed E-state index contributed by atoms with van der Waals surface area (Å²) in [6, 6.07) is 16.3. The molecule has 1 atom stereocenters. The zero-order valence-corrected chi connectivity index (χ0v) is 19.6. The number of aryl methyl sites for hydroxylation is 1. The Balaban J connectivity index is 1.21. The van der Waals surface area contributed by atoms with Gasteiger partial charge in [0, 0.05) is 57.9 Å². The molecule has 2 amide bonds. The van der Waals surface area contributed by atoms with E-state index in [1.165, 1.54) is 4.31 Å². The molecule has 2 saturated heterocycles. The van der Waals surface area contributed by atoms with Crippen molar-refractivity contribution in [3.63, 3.8) is 0 Å². The van der Waals surface area contributed by atoms with E-state index in [2.05, 4.69) is 10.2 Å². The molecule has 1 N–H and O–H groups in total. The highest BCUT2D eigenvalue weighted by Gasteiger charge is 2.35. The van der Waals surface area contributed by atoms with Crippen LogP contribution < -0.4 is 10.2 Å². The molecule has 2 fully saturated rings. The maximum atomic E-state index is 12.8. The lowest BCUT2D eigenvalue weighted by atomic mass is 10.1. The number of amides is 2. The van der Waals surface area contributed by atoms with Crippen molar-refractivity contribution in [1.29, 1.82) is 0 Å². The summed E-state index contributed by atoms with van der Waals surface area (Å²) in [7, 11) is -3.48. The van der Waals surface area contributed by atoms with E-state index < -0.39 is 10.0 Å². The zero-order chi connectivity index (χ0) is 23.4. The minimum absolute atomic E-state index is 0.0349. The summed E-state index contributed by atoms with van der Waals surface area (Å²) in [6.07, 6.45) is 0.219. The Bertz CT molecular complexity index is 1080. The molecule has 4 rings (SSSR count). The van der Waals surface area contributed by atoms with E-state index in [0.717, 1.165) is 11.3 Å². The predicted molar refractivity (Wildman–Crippen MR) is 126 cm³/mol. The number of carbonyl (C=O) groups excluding carboxylic acids is 2. The van der Waals surface area contributed by atoms with Crippen molar-refractivity contribution in [1.82, 2.24) is 14.5 Å². The Kier molecular flexibility index (Phi) is 7.11. The number of nitrogens with one attached hydrogen (secondary N) is 1. The second kappa shape index (κ2) is 10.0. The summed E-state index contributed by atoms with van der Waals surface area (Å²) in [5.74, 6) is -0.496. The number of hydrogen-bond acceptors (Lipinski definition) is 5. The highest BCUT2D eigenvalue weighted by molar-refractivity contribution is 7.89. The Morgan fingerprint density at radius 1 is 1.00 bits per heavy atom. The van der Waals surface area contributed by atoms with E-state index >= 15 is 0 Å². The van der Waals surface area contributed by atoms with E-state index in [1.807, 2.05) is 49.4 Å². The highest BCUT2D eigenvalue weighted by atomic mass is 32.2. The molecule has 2 aromatic carbocycles. The molecule has 8 nitrogen and oxygen atoms in total. The second-order valence-corrected chi connectivity index (χ2v) is 10.5. The fourth-order valence-electron chi connectivity index (χ4n) is 4.28. The quantitative estimate of drug-likeness (QED) is 0.662. The molecule has 0 aromatic heterocycles. The van der Waals surface area contributed by atoms with Gasteiger partial charge in [0.2, 0.25) is 21.8 Å². The number of anilines is 1. The van der Waals surface area contributed by atoms with Crippen LogP contribution in [0.15, 0.2) is 59.5 Å². The van der Waals surface area contributed by atoms with E-state index in [9.17, 15) is 18.0 Å². The van der Waals surface area contributed by atoms with Gasteiger partial charge in [0.1, 0.15) is 0 Å². The molecular formula is C24H30N4O4S. The highest BCUT2D eigenvalue weighted by Crippen LogP contribution is 2.25. The van der Waals surface area contributed by atoms with Crippen molar-refractivity contribution < 1.29 is 18.0 Å². The van der Waals surface area contributed by atoms with Crippen molar-refractivity contribution in [3.8, 4) is 0 Å². The average Bonchev–Trinajstić information content (AvgIpc) is 3.22. The normalized spacial score (nSPS) is 20.2. The molecule has 9 heteroatoms. The lowest BCUT2D eigenvalue weighted by Gasteiger charge is -2.34. The Hall–Kier alpha value is -2.75. The number of sulfonamides is 1. The Labute approximate surface area is 195 Å². The molecule has 2 aliphatic rings. The number of nitrogens with zero attached hydrogens (tertiary/aromatic N) is 3. The van der Waals surface area contributed by atoms with Crippen molar-refractivity contribution in [2.75, 3.05) is 50.7 Å². The molecule has 2 aliphatic heterocycles. The maximum absolute atomic E-state index is 12.8. The van der Waals surface area contributed by atoms with Crippen LogP contribution in [0.25, 0.3) is 0 Å². The fourth-order valence-corrected chi connectivity index (χ4v) is 5.70. The van der Waals surface area contributed by atoms with E-state index in [0.29, 0.717) is 50.7 Å². The summed E-state index contributed by atoms with van der Waals surface area (Å²) in [5.41, 5.74) is 1.84. The Morgan fingerprint density at radius 2 is 1.67 bits per heavy atom. The van der Waals surface area contributed by atoms with Gasteiger partial charge in [-0.1, -0.05) is 35.9 Å². The molecule has 0 spiro atoms. The molecule has 33 heavy (non-hydrogen) atoms. The smallest absolute Gasteiger partial charge is 0.243 e. The summed E-state index contributed by atoms with van der Waals surface area (Å²) in [5, 5.41) is 2.95. The molecule has 2 heterocycles. The lowest BCUT2D eigenvalue weighted by molar-refractivity contribution is -0.126. The van der Waals surface area contributed by atoms with Gasteiger partial charge in [-0.3, -0.25) is 14.5 Å². The molecule has 2 aromatic rings. The van der Waals surface area contributed by atoms with Gasteiger partial charge in [-0.15, -0.1) is 0 Å². The number of carbonyl (C=O) groups is 2. The molecule has 0 aliphatic carbocycles. The van der Waals surface area contributed by atoms with Crippen LogP contribution in [0.1, 0.15) is 12.0 Å². The van der Waals surface area contributed by atoms with Crippen molar-refractivity contribution in [3.05, 3.63) is 60.2 Å². The van der Waals surface area contributed by atoms with Gasteiger partial charge in [-0.2, -0.15) is 4.31 Å². The first kappa shape index (κ1) is 23.4. The topological polar surface area (TPSA) is 90.0 Å². The van der Waals surface area contributed by atoms with Crippen molar-refractivity contribution in [2.45, 2.75) is 18.2 Å². The second-order valence-electron chi connectivity index (χ2n) is 8.59. The van der Waals surface area contributed by atoms with E-state index in [4.69, 9.17) is 0 Å². The third-order valence-corrected chi connectivity index (χ3v) is 8.19.